The Kier molecular flexibility index (Phi) is 5.27. The Morgan fingerprint density at radius 2 is 2.10 bits per heavy atom. The van der Waals surface area contributed by atoms with E-state index in [1.54, 1.807) is 6.07 Å². The monoisotopic (exact) mass is 285 g/mol. The van der Waals surface area contributed by atoms with Gasteiger partial charge in [0.1, 0.15) is 0 Å². The van der Waals surface area contributed by atoms with Gasteiger partial charge in [0.2, 0.25) is 5.91 Å². The van der Waals surface area contributed by atoms with Crippen LogP contribution in [0.25, 0.3) is 6.08 Å². The smallest absolute Gasteiger partial charge is 0.277 e. The van der Waals surface area contributed by atoms with Crippen LogP contribution in [0.4, 0.5) is 14.5 Å². The highest BCUT2D eigenvalue weighted by atomic mass is 19.3. The molecule has 0 atom stereocenters. The number of carbonyl (C=O) groups excluding carboxylic acids is 1. The third-order valence-corrected chi connectivity index (χ3v) is 2.37. The number of nitrogens with two attached hydrogens (primary N) is 1. The maximum Gasteiger partial charge on any atom is 0.277 e. The average molecular weight is 285 g/mol. The molecule has 1 aromatic rings. The van der Waals surface area contributed by atoms with E-state index in [-0.39, 0.29) is 11.3 Å². The standard InChI is InChI=1S/C12H13F2N3O3/c13-12(14,7-15)8-16-11(18)6-5-9-3-1-2-4-10(9)17(19)20/h1-6H,7-8,15H2,(H,16,18)/b6-5+. The van der Waals surface area contributed by atoms with Gasteiger partial charge in [-0.3, -0.25) is 14.9 Å². The van der Waals surface area contributed by atoms with Gasteiger partial charge in [-0.1, -0.05) is 12.1 Å². The largest absolute Gasteiger partial charge is 0.346 e. The molecule has 0 unspecified atom stereocenters. The molecule has 0 saturated heterocycles. The first-order valence-electron chi connectivity index (χ1n) is 5.63. The van der Waals surface area contributed by atoms with Crippen LogP contribution in [0.5, 0.6) is 0 Å². The number of nitro benzene ring substituents is 1. The molecule has 20 heavy (non-hydrogen) atoms. The van der Waals surface area contributed by atoms with E-state index in [0.717, 1.165) is 6.08 Å². The number of nitro groups is 1. The molecule has 0 aliphatic rings. The van der Waals surface area contributed by atoms with E-state index >= 15 is 0 Å². The van der Waals surface area contributed by atoms with Gasteiger partial charge in [0.15, 0.2) is 0 Å². The van der Waals surface area contributed by atoms with Crippen LogP contribution < -0.4 is 11.1 Å². The van der Waals surface area contributed by atoms with E-state index in [1.807, 2.05) is 5.32 Å². The van der Waals surface area contributed by atoms with Gasteiger partial charge in [-0.25, -0.2) is 8.78 Å². The second-order valence-electron chi connectivity index (χ2n) is 3.93. The molecule has 108 valence electrons. The van der Waals surface area contributed by atoms with Crippen molar-refractivity contribution >= 4 is 17.7 Å². The summed E-state index contributed by atoms with van der Waals surface area (Å²) in [5, 5.41) is 12.7. The molecule has 1 rings (SSSR count). The van der Waals surface area contributed by atoms with E-state index in [4.69, 9.17) is 5.73 Å². The van der Waals surface area contributed by atoms with Crippen molar-refractivity contribution in [3.63, 3.8) is 0 Å². The molecule has 1 aromatic carbocycles. The van der Waals surface area contributed by atoms with Crippen LogP contribution in [0, 0.1) is 10.1 Å². The van der Waals surface area contributed by atoms with Gasteiger partial charge in [-0.05, 0) is 12.1 Å². The van der Waals surface area contributed by atoms with Gasteiger partial charge in [-0.15, -0.1) is 0 Å². The predicted octanol–water partition coefficient (Wildman–Crippen LogP) is 1.32. The predicted molar refractivity (Wildman–Crippen MR) is 69.1 cm³/mol. The molecule has 0 spiro atoms. The van der Waals surface area contributed by atoms with Gasteiger partial charge in [0, 0.05) is 12.1 Å². The molecule has 0 saturated carbocycles. The number of alkyl halides is 2. The van der Waals surface area contributed by atoms with E-state index < -0.39 is 29.8 Å². The first-order chi connectivity index (χ1) is 9.35. The molecule has 0 aromatic heterocycles. The van der Waals surface area contributed by atoms with Crippen molar-refractivity contribution in [1.29, 1.82) is 0 Å². The van der Waals surface area contributed by atoms with Crippen LogP contribution in [0.2, 0.25) is 0 Å². The molecule has 0 radical (unpaired) electrons. The van der Waals surface area contributed by atoms with E-state index in [1.165, 1.54) is 24.3 Å². The molecule has 0 fully saturated rings. The van der Waals surface area contributed by atoms with Crippen molar-refractivity contribution in [1.82, 2.24) is 5.32 Å². The van der Waals surface area contributed by atoms with Gasteiger partial charge < -0.3 is 11.1 Å². The fourth-order valence-corrected chi connectivity index (χ4v) is 1.31. The van der Waals surface area contributed by atoms with Crippen LogP contribution in [-0.4, -0.2) is 29.8 Å². The first kappa shape index (κ1) is 15.7. The summed E-state index contributed by atoms with van der Waals surface area (Å²) in [5.41, 5.74) is 4.85. The Bertz CT molecular complexity index is 532. The van der Waals surface area contributed by atoms with Crippen molar-refractivity contribution in [3.05, 3.63) is 46.0 Å². The van der Waals surface area contributed by atoms with E-state index in [9.17, 15) is 23.7 Å². The number of para-hydroxylation sites is 1. The van der Waals surface area contributed by atoms with Gasteiger partial charge >= 0.3 is 0 Å². The van der Waals surface area contributed by atoms with Crippen molar-refractivity contribution in [2.45, 2.75) is 5.92 Å². The highest BCUT2D eigenvalue weighted by molar-refractivity contribution is 5.92. The van der Waals surface area contributed by atoms with E-state index in [2.05, 4.69) is 0 Å². The Morgan fingerprint density at radius 3 is 2.70 bits per heavy atom. The zero-order chi connectivity index (χ0) is 15.2. The van der Waals surface area contributed by atoms with Crippen molar-refractivity contribution in [2.24, 2.45) is 5.73 Å². The maximum atomic E-state index is 12.8. The minimum absolute atomic E-state index is 0.177. The molecule has 3 N–H and O–H groups in total. The third-order valence-electron chi connectivity index (χ3n) is 2.37. The number of carbonyl (C=O) groups is 1. The molecule has 6 nitrogen and oxygen atoms in total. The van der Waals surface area contributed by atoms with Crippen LogP contribution in [0.1, 0.15) is 5.56 Å². The number of rotatable bonds is 6. The fraction of sp³-hybridized carbons (Fsp3) is 0.250. The van der Waals surface area contributed by atoms with Crippen LogP contribution >= 0.6 is 0 Å². The lowest BCUT2D eigenvalue weighted by atomic mass is 10.1. The van der Waals surface area contributed by atoms with Crippen molar-refractivity contribution < 1.29 is 18.5 Å². The summed E-state index contributed by atoms with van der Waals surface area (Å²) in [7, 11) is 0. The zero-order valence-electron chi connectivity index (χ0n) is 10.4. The highest BCUT2D eigenvalue weighted by Crippen LogP contribution is 2.18. The molecule has 0 heterocycles. The molecule has 0 aliphatic heterocycles. The first-order valence-corrected chi connectivity index (χ1v) is 5.63. The van der Waals surface area contributed by atoms with E-state index in [0.29, 0.717) is 0 Å². The molecule has 0 aliphatic carbocycles. The summed E-state index contributed by atoms with van der Waals surface area (Å²) in [5.74, 6) is -3.96. The number of nitrogens with zero attached hydrogens (tertiary/aromatic N) is 1. The Morgan fingerprint density at radius 1 is 1.45 bits per heavy atom. The molecular weight excluding hydrogens is 272 g/mol. The summed E-state index contributed by atoms with van der Waals surface area (Å²) in [6.07, 6.45) is 2.14. The number of amides is 1. The van der Waals surface area contributed by atoms with Crippen molar-refractivity contribution in [3.8, 4) is 0 Å². The third kappa shape index (κ3) is 4.73. The van der Waals surface area contributed by atoms with Crippen molar-refractivity contribution in [2.75, 3.05) is 13.1 Å². The Labute approximate surface area is 113 Å². The lowest BCUT2D eigenvalue weighted by molar-refractivity contribution is -0.385. The molecule has 1 amide bonds. The summed E-state index contributed by atoms with van der Waals surface area (Å²) in [6, 6.07) is 5.76. The molecular formula is C12H13F2N3O3. The second kappa shape index (κ2) is 6.71. The summed E-state index contributed by atoms with van der Waals surface area (Å²) in [6.45, 7) is -1.76. The summed E-state index contributed by atoms with van der Waals surface area (Å²) < 4.78 is 25.6. The summed E-state index contributed by atoms with van der Waals surface area (Å²) in [4.78, 5) is 21.4. The lowest BCUT2D eigenvalue weighted by Gasteiger charge is -2.13. The quantitative estimate of drug-likeness (QED) is 0.468. The Hall–Kier alpha value is -2.35. The Balaban J connectivity index is 2.69. The zero-order valence-corrected chi connectivity index (χ0v) is 10.4. The number of nitrogens with one attached hydrogen (secondary N) is 1. The molecule has 8 heteroatoms. The van der Waals surface area contributed by atoms with Gasteiger partial charge in [0.25, 0.3) is 11.6 Å². The number of benzene rings is 1. The lowest BCUT2D eigenvalue weighted by Crippen LogP contribution is -2.41. The molecule has 0 bridgehead atoms. The maximum absolute atomic E-state index is 12.8. The SMILES string of the molecule is NCC(F)(F)CNC(=O)/C=C/c1ccccc1[N+](=O)[O-]. The van der Waals surface area contributed by atoms with Crippen LogP contribution in [-0.2, 0) is 4.79 Å². The minimum Gasteiger partial charge on any atom is -0.346 e. The topological polar surface area (TPSA) is 98.3 Å². The highest BCUT2D eigenvalue weighted by Gasteiger charge is 2.26. The average Bonchev–Trinajstić information content (AvgIpc) is 2.43. The number of halogens is 2. The minimum atomic E-state index is -3.18. The summed E-state index contributed by atoms with van der Waals surface area (Å²) >= 11 is 0. The van der Waals surface area contributed by atoms with Gasteiger partial charge in [0.05, 0.1) is 23.6 Å². The van der Waals surface area contributed by atoms with Gasteiger partial charge in [-0.2, -0.15) is 0 Å². The fourth-order valence-electron chi connectivity index (χ4n) is 1.31. The number of hydrogen-bond acceptors (Lipinski definition) is 4. The van der Waals surface area contributed by atoms with Crippen LogP contribution in [0.15, 0.2) is 30.3 Å². The number of hydrogen-bond donors (Lipinski definition) is 2. The normalized spacial score (nSPS) is 11.6. The second-order valence-corrected chi connectivity index (χ2v) is 3.93. The van der Waals surface area contributed by atoms with Crippen LogP contribution in [0.3, 0.4) is 0 Å².